The standard InChI is InChI=1S/C15H20N2O2/c1-11(15(19)17-9-14(18)10-17)16-7-6-12-4-2-3-5-13(12)8-16/h2-5,11,14,18H,6-10H2,1H3. The maximum atomic E-state index is 12.3. The fourth-order valence-corrected chi connectivity index (χ4v) is 2.90. The van der Waals surface area contributed by atoms with Crippen LogP contribution < -0.4 is 0 Å². The Labute approximate surface area is 113 Å². The van der Waals surface area contributed by atoms with Gasteiger partial charge in [-0.1, -0.05) is 24.3 Å². The summed E-state index contributed by atoms with van der Waals surface area (Å²) in [6.07, 6.45) is 0.689. The summed E-state index contributed by atoms with van der Waals surface area (Å²) in [6, 6.07) is 8.35. The Kier molecular flexibility index (Phi) is 3.29. The highest BCUT2D eigenvalue weighted by Gasteiger charge is 2.34. The lowest BCUT2D eigenvalue weighted by molar-refractivity contribution is -0.146. The molecule has 0 aromatic heterocycles. The SMILES string of the molecule is CC(C(=O)N1CC(O)C1)N1CCc2ccccc2C1. The third kappa shape index (κ3) is 2.38. The molecule has 0 radical (unpaired) electrons. The van der Waals surface area contributed by atoms with Crippen molar-refractivity contribution in [2.75, 3.05) is 19.6 Å². The summed E-state index contributed by atoms with van der Waals surface area (Å²) >= 11 is 0. The summed E-state index contributed by atoms with van der Waals surface area (Å²) in [5.74, 6) is 0.143. The van der Waals surface area contributed by atoms with Crippen LogP contribution in [0.1, 0.15) is 18.1 Å². The van der Waals surface area contributed by atoms with E-state index in [-0.39, 0.29) is 18.1 Å². The van der Waals surface area contributed by atoms with Crippen LogP contribution in [0.15, 0.2) is 24.3 Å². The van der Waals surface area contributed by atoms with Gasteiger partial charge in [0.1, 0.15) is 0 Å². The van der Waals surface area contributed by atoms with Crippen LogP contribution in [0.25, 0.3) is 0 Å². The molecule has 0 spiro atoms. The van der Waals surface area contributed by atoms with Gasteiger partial charge in [0.15, 0.2) is 0 Å². The number of amides is 1. The first kappa shape index (κ1) is 12.6. The lowest BCUT2D eigenvalue weighted by Gasteiger charge is -2.41. The molecular formula is C15H20N2O2. The fourth-order valence-electron chi connectivity index (χ4n) is 2.90. The van der Waals surface area contributed by atoms with Gasteiger partial charge in [0.05, 0.1) is 12.1 Å². The van der Waals surface area contributed by atoms with E-state index in [4.69, 9.17) is 0 Å². The molecule has 4 nitrogen and oxygen atoms in total. The number of carbonyl (C=O) groups excluding carboxylic acids is 1. The molecule has 102 valence electrons. The zero-order valence-corrected chi connectivity index (χ0v) is 11.2. The summed E-state index contributed by atoms with van der Waals surface area (Å²) in [6.45, 7) is 4.74. The Balaban J connectivity index is 1.66. The van der Waals surface area contributed by atoms with Crippen molar-refractivity contribution >= 4 is 5.91 Å². The molecule has 2 aliphatic heterocycles. The molecule has 1 N–H and O–H groups in total. The number of nitrogens with zero attached hydrogens (tertiary/aromatic N) is 2. The van der Waals surface area contributed by atoms with Crippen LogP contribution in [0.2, 0.25) is 0 Å². The van der Waals surface area contributed by atoms with E-state index in [2.05, 4.69) is 29.2 Å². The molecule has 1 aromatic carbocycles. The van der Waals surface area contributed by atoms with Gasteiger partial charge in [-0.3, -0.25) is 9.69 Å². The van der Waals surface area contributed by atoms with Crippen molar-refractivity contribution in [3.8, 4) is 0 Å². The third-order valence-corrected chi connectivity index (χ3v) is 4.24. The van der Waals surface area contributed by atoms with E-state index in [0.717, 1.165) is 19.5 Å². The number of carbonyl (C=O) groups is 1. The summed E-state index contributed by atoms with van der Waals surface area (Å²) in [5.41, 5.74) is 2.73. The highest BCUT2D eigenvalue weighted by atomic mass is 16.3. The van der Waals surface area contributed by atoms with Crippen LogP contribution in [-0.4, -0.2) is 52.6 Å². The molecule has 3 rings (SSSR count). The van der Waals surface area contributed by atoms with Crippen LogP contribution in [0.3, 0.4) is 0 Å². The molecule has 1 fully saturated rings. The Morgan fingerprint density at radius 2 is 2.00 bits per heavy atom. The average Bonchev–Trinajstić information content (AvgIpc) is 2.42. The van der Waals surface area contributed by atoms with Gasteiger partial charge in [-0.15, -0.1) is 0 Å². The summed E-state index contributed by atoms with van der Waals surface area (Å²) < 4.78 is 0. The second-order valence-corrected chi connectivity index (χ2v) is 5.56. The molecule has 0 saturated carbocycles. The molecule has 1 unspecified atom stereocenters. The van der Waals surface area contributed by atoms with Gasteiger partial charge < -0.3 is 10.0 Å². The van der Waals surface area contributed by atoms with Crippen LogP contribution >= 0.6 is 0 Å². The first-order valence-corrected chi connectivity index (χ1v) is 6.93. The van der Waals surface area contributed by atoms with Gasteiger partial charge in [-0.05, 0) is 24.5 Å². The number of benzene rings is 1. The highest BCUT2D eigenvalue weighted by molar-refractivity contribution is 5.82. The van der Waals surface area contributed by atoms with Gasteiger partial charge in [-0.2, -0.15) is 0 Å². The average molecular weight is 260 g/mol. The normalized spacial score (nSPS) is 21.7. The maximum absolute atomic E-state index is 12.3. The van der Waals surface area contributed by atoms with Crippen molar-refractivity contribution < 1.29 is 9.90 Å². The van der Waals surface area contributed by atoms with Crippen molar-refractivity contribution in [1.82, 2.24) is 9.80 Å². The molecule has 1 amide bonds. The van der Waals surface area contributed by atoms with E-state index in [9.17, 15) is 9.90 Å². The lowest BCUT2D eigenvalue weighted by atomic mass is 9.98. The van der Waals surface area contributed by atoms with Crippen molar-refractivity contribution in [2.45, 2.75) is 32.0 Å². The molecule has 0 aliphatic carbocycles. The molecule has 0 bridgehead atoms. The minimum atomic E-state index is -0.321. The second-order valence-electron chi connectivity index (χ2n) is 5.56. The Bertz CT molecular complexity index is 483. The van der Waals surface area contributed by atoms with Crippen molar-refractivity contribution in [3.05, 3.63) is 35.4 Å². The first-order chi connectivity index (χ1) is 9.15. The van der Waals surface area contributed by atoms with E-state index in [1.807, 2.05) is 6.92 Å². The van der Waals surface area contributed by atoms with Gasteiger partial charge >= 0.3 is 0 Å². The third-order valence-electron chi connectivity index (χ3n) is 4.24. The van der Waals surface area contributed by atoms with E-state index in [0.29, 0.717) is 13.1 Å². The van der Waals surface area contributed by atoms with Crippen molar-refractivity contribution in [2.24, 2.45) is 0 Å². The summed E-state index contributed by atoms with van der Waals surface area (Å²) in [4.78, 5) is 16.2. The monoisotopic (exact) mass is 260 g/mol. The molecule has 4 heteroatoms. The minimum absolute atomic E-state index is 0.0964. The fraction of sp³-hybridized carbons (Fsp3) is 0.533. The number of likely N-dealkylation sites (tertiary alicyclic amines) is 1. The van der Waals surface area contributed by atoms with Crippen LogP contribution in [0, 0.1) is 0 Å². The van der Waals surface area contributed by atoms with Crippen molar-refractivity contribution in [1.29, 1.82) is 0 Å². The van der Waals surface area contributed by atoms with E-state index in [1.165, 1.54) is 11.1 Å². The number of aliphatic hydroxyl groups is 1. The second kappa shape index (κ2) is 4.94. The number of rotatable bonds is 2. The van der Waals surface area contributed by atoms with Crippen LogP contribution in [-0.2, 0) is 17.8 Å². The number of β-amino-alcohol motifs (C(OH)–C–C–N with tert-alkyl or cyclic N) is 1. The predicted molar refractivity (Wildman–Crippen MR) is 72.6 cm³/mol. The van der Waals surface area contributed by atoms with E-state index in [1.54, 1.807) is 4.90 Å². The molecular weight excluding hydrogens is 240 g/mol. The number of aliphatic hydroxyl groups excluding tert-OH is 1. The highest BCUT2D eigenvalue weighted by Crippen LogP contribution is 2.21. The van der Waals surface area contributed by atoms with Gasteiger partial charge in [0, 0.05) is 26.2 Å². The summed E-state index contributed by atoms with van der Waals surface area (Å²) in [5, 5.41) is 9.28. The minimum Gasteiger partial charge on any atom is -0.389 e. The Morgan fingerprint density at radius 3 is 2.68 bits per heavy atom. The Morgan fingerprint density at radius 1 is 1.32 bits per heavy atom. The lowest BCUT2D eigenvalue weighted by Crippen LogP contribution is -2.58. The van der Waals surface area contributed by atoms with Crippen LogP contribution in [0.4, 0.5) is 0 Å². The van der Waals surface area contributed by atoms with Gasteiger partial charge in [0.2, 0.25) is 5.91 Å². The zero-order valence-electron chi connectivity index (χ0n) is 11.2. The molecule has 2 heterocycles. The molecule has 2 aliphatic rings. The van der Waals surface area contributed by atoms with Crippen molar-refractivity contribution in [3.63, 3.8) is 0 Å². The molecule has 19 heavy (non-hydrogen) atoms. The largest absolute Gasteiger partial charge is 0.389 e. The first-order valence-electron chi connectivity index (χ1n) is 6.93. The van der Waals surface area contributed by atoms with Gasteiger partial charge in [-0.25, -0.2) is 0 Å². The molecule has 1 atom stereocenters. The number of fused-ring (bicyclic) bond motifs is 1. The predicted octanol–water partition coefficient (Wildman–Crippen LogP) is 0.636. The number of hydrogen-bond acceptors (Lipinski definition) is 3. The number of hydrogen-bond donors (Lipinski definition) is 1. The van der Waals surface area contributed by atoms with Gasteiger partial charge in [0.25, 0.3) is 0 Å². The Hall–Kier alpha value is -1.39. The summed E-state index contributed by atoms with van der Waals surface area (Å²) in [7, 11) is 0. The maximum Gasteiger partial charge on any atom is 0.239 e. The van der Waals surface area contributed by atoms with E-state index >= 15 is 0 Å². The molecule has 1 aromatic rings. The smallest absolute Gasteiger partial charge is 0.239 e. The topological polar surface area (TPSA) is 43.8 Å². The molecule has 1 saturated heterocycles. The zero-order chi connectivity index (χ0) is 13.4. The van der Waals surface area contributed by atoms with E-state index < -0.39 is 0 Å². The van der Waals surface area contributed by atoms with Crippen LogP contribution in [0.5, 0.6) is 0 Å². The quantitative estimate of drug-likeness (QED) is 0.848.